The van der Waals surface area contributed by atoms with Gasteiger partial charge >= 0.3 is 12.4 Å². The van der Waals surface area contributed by atoms with Crippen molar-refractivity contribution in [3.8, 4) is 6.07 Å². The quantitative estimate of drug-likeness (QED) is 0.833. The molecule has 1 aliphatic heterocycles. The normalized spacial score (nSPS) is 20.2. The number of nitriles is 1. The third kappa shape index (κ3) is 3.31. The molecule has 2 rings (SSSR count). The minimum Gasteiger partial charge on any atom is -0.382 e. The number of carbonyl (C=O) groups excluding carboxylic acids is 1. The monoisotopic (exact) mass is 352 g/mol. The molecule has 0 aliphatic carbocycles. The summed E-state index contributed by atoms with van der Waals surface area (Å²) in [5, 5.41) is 18.1. The van der Waals surface area contributed by atoms with Gasteiger partial charge in [0.05, 0.1) is 23.2 Å². The number of halogens is 6. The van der Waals surface area contributed by atoms with Crippen LogP contribution in [-0.4, -0.2) is 29.3 Å². The van der Waals surface area contributed by atoms with E-state index in [0.29, 0.717) is 11.0 Å². The third-order valence-corrected chi connectivity index (χ3v) is 3.66. The fraction of sp³-hybridized carbons (Fsp3) is 0.429. The van der Waals surface area contributed by atoms with Gasteiger partial charge < -0.3 is 10.0 Å². The highest BCUT2D eigenvalue weighted by Crippen LogP contribution is 2.38. The van der Waals surface area contributed by atoms with E-state index in [1.54, 1.807) is 0 Å². The summed E-state index contributed by atoms with van der Waals surface area (Å²) in [6.45, 7) is 0. The molecule has 1 aliphatic rings. The summed E-state index contributed by atoms with van der Waals surface area (Å²) in [5.41, 5.74) is -2.52. The van der Waals surface area contributed by atoms with Crippen molar-refractivity contribution in [2.45, 2.75) is 37.3 Å². The first-order valence-corrected chi connectivity index (χ1v) is 6.65. The van der Waals surface area contributed by atoms with E-state index >= 15 is 0 Å². The van der Waals surface area contributed by atoms with E-state index in [-0.39, 0.29) is 12.8 Å². The number of anilines is 1. The molecule has 4 nitrogen and oxygen atoms in total. The molecule has 2 atom stereocenters. The first-order valence-electron chi connectivity index (χ1n) is 6.65. The topological polar surface area (TPSA) is 64.3 Å². The molecule has 1 fully saturated rings. The van der Waals surface area contributed by atoms with Crippen LogP contribution < -0.4 is 4.90 Å². The molecule has 10 heteroatoms. The second-order valence-electron chi connectivity index (χ2n) is 5.20. The van der Waals surface area contributed by atoms with Crippen LogP contribution in [0.3, 0.4) is 0 Å². The lowest BCUT2D eigenvalue weighted by atomic mass is 10.0. The predicted octanol–water partition coefficient (Wildman–Crippen LogP) is 3.00. The standard InChI is InChI=1S/C14H10F6N2O2/c15-13(16,17)9-5-8(2-1-7(9)6-21)22-10(3-4-11(22)23)12(24)14(18,19)20/h1-2,5,10,12,24H,3-4H2/t10?,12-/m1/s1. The Labute approximate surface area is 131 Å². The molecule has 130 valence electrons. The maximum atomic E-state index is 13.0. The Bertz CT molecular complexity index is 692. The summed E-state index contributed by atoms with van der Waals surface area (Å²) >= 11 is 0. The van der Waals surface area contributed by atoms with Crippen LogP contribution in [0.1, 0.15) is 24.0 Å². The van der Waals surface area contributed by atoms with E-state index in [0.717, 1.165) is 12.1 Å². The molecular formula is C14H10F6N2O2. The van der Waals surface area contributed by atoms with Crippen LogP contribution in [0, 0.1) is 11.3 Å². The van der Waals surface area contributed by atoms with Gasteiger partial charge in [-0.05, 0) is 24.6 Å². The van der Waals surface area contributed by atoms with E-state index in [9.17, 15) is 36.2 Å². The van der Waals surface area contributed by atoms with Crippen molar-refractivity contribution in [2.24, 2.45) is 0 Å². The molecule has 1 N–H and O–H groups in total. The lowest BCUT2D eigenvalue weighted by Crippen LogP contribution is -2.48. The molecule has 0 spiro atoms. The smallest absolute Gasteiger partial charge is 0.382 e. The molecule has 1 unspecified atom stereocenters. The van der Waals surface area contributed by atoms with Crippen LogP contribution in [0.5, 0.6) is 0 Å². The SMILES string of the molecule is N#Cc1ccc(N2C(=O)CCC2[C@@H](O)C(F)(F)F)cc1C(F)(F)F. The highest BCUT2D eigenvalue weighted by atomic mass is 19.4. The Balaban J connectivity index is 2.49. The lowest BCUT2D eigenvalue weighted by Gasteiger charge is -2.30. The molecule has 1 amide bonds. The second-order valence-corrected chi connectivity index (χ2v) is 5.20. The first kappa shape index (κ1) is 18.1. The van der Waals surface area contributed by atoms with Crippen molar-refractivity contribution in [2.75, 3.05) is 4.90 Å². The van der Waals surface area contributed by atoms with Crippen LogP contribution in [-0.2, 0) is 11.0 Å². The van der Waals surface area contributed by atoms with Crippen molar-refractivity contribution >= 4 is 11.6 Å². The van der Waals surface area contributed by atoms with E-state index in [2.05, 4.69) is 0 Å². The average molecular weight is 352 g/mol. The minimum absolute atomic E-state index is 0.334. The van der Waals surface area contributed by atoms with Gasteiger partial charge in [-0.2, -0.15) is 31.6 Å². The molecule has 1 saturated heterocycles. The summed E-state index contributed by atoms with van der Waals surface area (Å²) in [6, 6.07) is 1.79. The van der Waals surface area contributed by atoms with Gasteiger partial charge in [0.15, 0.2) is 6.10 Å². The number of hydrogen-bond acceptors (Lipinski definition) is 3. The predicted molar refractivity (Wildman–Crippen MR) is 68.7 cm³/mol. The number of benzene rings is 1. The lowest BCUT2D eigenvalue weighted by molar-refractivity contribution is -0.209. The number of rotatable bonds is 2. The number of alkyl halides is 6. The molecule has 0 bridgehead atoms. The van der Waals surface area contributed by atoms with Crippen molar-refractivity contribution in [1.82, 2.24) is 0 Å². The van der Waals surface area contributed by atoms with Gasteiger partial charge in [-0.15, -0.1) is 0 Å². The highest BCUT2D eigenvalue weighted by Gasteiger charge is 2.49. The fourth-order valence-electron chi connectivity index (χ4n) is 2.57. The highest BCUT2D eigenvalue weighted by molar-refractivity contribution is 5.96. The van der Waals surface area contributed by atoms with Gasteiger partial charge in [-0.1, -0.05) is 0 Å². The van der Waals surface area contributed by atoms with Crippen molar-refractivity contribution in [3.05, 3.63) is 29.3 Å². The van der Waals surface area contributed by atoms with Gasteiger partial charge in [-0.3, -0.25) is 4.79 Å². The molecule has 24 heavy (non-hydrogen) atoms. The van der Waals surface area contributed by atoms with E-state index in [1.165, 1.54) is 6.07 Å². The molecule has 1 aromatic carbocycles. The van der Waals surface area contributed by atoms with Gasteiger partial charge in [-0.25, -0.2) is 0 Å². The number of amides is 1. The number of nitrogens with zero attached hydrogens (tertiary/aromatic N) is 2. The zero-order valence-electron chi connectivity index (χ0n) is 11.8. The Morgan fingerprint density at radius 2 is 1.88 bits per heavy atom. The number of aliphatic hydroxyl groups is 1. The maximum Gasteiger partial charge on any atom is 0.417 e. The van der Waals surface area contributed by atoms with Crippen LogP contribution in [0.2, 0.25) is 0 Å². The van der Waals surface area contributed by atoms with E-state index in [4.69, 9.17) is 5.26 Å². The van der Waals surface area contributed by atoms with Crippen LogP contribution in [0.15, 0.2) is 18.2 Å². The van der Waals surface area contributed by atoms with Gasteiger partial charge in [0.1, 0.15) is 0 Å². The maximum absolute atomic E-state index is 13.0. The molecule has 0 saturated carbocycles. The van der Waals surface area contributed by atoms with Crippen LogP contribution in [0.25, 0.3) is 0 Å². The first-order chi connectivity index (χ1) is 11.0. The Morgan fingerprint density at radius 1 is 1.25 bits per heavy atom. The van der Waals surface area contributed by atoms with E-state index < -0.39 is 47.2 Å². The Kier molecular flexibility index (Phi) is 4.50. The minimum atomic E-state index is -5.02. The molecule has 0 radical (unpaired) electrons. The van der Waals surface area contributed by atoms with Crippen molar-refractivity contribution < 1.29 is 36.2 Å². The van der Waals surface area contributed by atoms with Gasteiger partial charge in [0.2, 0.25) is 5.91 Å². The molecule has 0 aromatic heterocycles. The fourth-order valence-corrected chi connectivity index (χ4v) is 2.57. The zero-order valence-corrected chi connectivity index (χ0v) is 11.8. The van der Waals surface area contributed by atoms with Crippen molar-refractivity contribution in [1.29, 1.82) is 5.26 Å². The molecule has 1 aromatic rings. The average Bonchev–Trinajstić information content (AvgIpc) is 2.85. The summed E-state index contributed by atoms with van der Waals surface area (Å²) < 4.78 is 77.0. The number of carbonyl (C=O) groups is 1. The second kappa shape index (κ2) is 5.98. The Morgan fingerprint density at radius 3 is 2.38 bits per heavy atom. The number of hydrogen-bond donors (Lipinski definition) is 1. The van der Waals surface area contributed by atoms with Crippen molar-refractivity contribution in [3.63, 3.8) is 0 Å². The zero-order chi connectivity index (χ0) is 18.3. The third-order valence-electron chi connectivity index (χ3n) is 3.66. The summed E-state index contributed by atoms with van der Waals surface area (Å²) in [5.74, 6) is -0.832. The Hall–Kier alpha value is -2.28. The molecule has 1 heterocycles. The van der Waals surface area contributed by atoms with Gasteiger partial charge in [0, 0.05) is 12.1 Å². The number of aliphatic hydroxyl groups excluding tert-OH is 1. The van der Waals surface area contributed by atoms with Crippen LogP contribution >= 0.6 is 0 Å². The summed E-state index contributed by atoms with van der Waals surface area (Å²) in [6.07, 6.45) is -13.5. The summed E-state index contributed by atoms with van der Waals surface area (Å²) in [7, 11) is 0. The molecular weight excluding hydrogens is 342 g/mol. The van der Waals surface area contributed by atoms with E-state index in [1.807, 2.05) is 0 Å². The van der Waals surface area contributed by atoms with Gasteiger partial charge in [0.25, 0.3) is 0 Å². The largest absolute Gasteiger partial charge is 0.417 e. The summed E-state index contributed by atoms with van der Waals surface area (Å²) in [4.78, 5) is 12.3. The van der Waals surface area contributed by atoms with Crippen LogP contribution in [0.4, 0.5) is 32.0 Å².